The van der Waals surface area contributed by atoms with Crippen molar-refractivity contribution in [1.29, 1.82) is 0 Å². The molecule has 0 unspecified atom stereocenters. The zero-order valence-corrected chi connectivity index (χ0v) is 14.2. The number of rotatable bonds is 4. The lowest BCUT2D eigenvalue weighted by atomic mass is 10.0. The summed E-state index contributed by atoms with van der Waals surface area (Å²) in [6.45, 7) is 0. The second kappa shape index (κ2) is 7.59. The maximum atomic E-state index is 13.2. The van der Waals surface area contributed by atoms with Gasteiger partial charge in [-0.05, 0) is 28.9 Å². The molecule has 0 aromatic heterocycles. The second-order valence-electron chi connectivity index (χ2n) is 5.33. The van der Waals surface area contributed by atoms with E-state index in [0.29, 0.717) is 5.56 Å². The average molecular weight is 406 g/mol. The molecule has 0 radical (unpaired) electrons. The highest BCUT2D eigenvalue weighted by Crippen LogP contribution is 2.40. The second-order valence-corrected chi connectivity index (χ2v) is 7.24. The lowest BCUT2D eigenvalue weighted by Gasteiger charge is -2.15. The number of halogens is 6. The molecule has 9 heteroatoms. The van der Waals surface area contributed by atoms with Crippen LogP contribution in [-0.2, 0) is 9.84 Å². The fraction of sp³-hybridized carbons (Fsp3) is 0.111. The summed E-state index contributed by atoms with van der Waals surface area (Å²) in [7, 11) is -6.60. The summed E-state index contributed by atoms with van der Waals surface area (Å²) < 4.78 is 101. The number of hydrogen-bond donors (Lipinski definition) is 0. The van der Waals surface area contributed by atoms with Crippen molar-refractivity contribution >= 4 is 21.5 Å². The highest BCUT2D eigenvalue weighted by Gasteiger charge is 2.56. The highest BCUT2D eigenvalue weighted by atomic mass is 32.2. The van der Waals surface area contributed by atoms with E-state index in [4.69, 9.17) is 0 Å². The molecule has 27 heavy (non-hydrogen) atoms. The summed E-state index contributed by atoms with van der Waals surface area (Å²) in [5.74, 6) is 0. The van der Waals surface area contributed by atoms with E-state index in [-0.39, 0.29) is 17.2 Å². The summed E-state index contributed by atoms with van der Waals surface area (Å²) >= 11 is 0. The smallest absolute Gasteiger partial charge is 0.214 e. The summed E-state index contributed by atoms with van der Waals surface area (Å²) in [5, 5.41) is 0. The Labute approximate surface area is 151 Å². The van der Waals surface area contributed by atoms with Crippen LogP contribution in [0.5, 0.6) is 0 Å². The number of hydrogen-bond acceptors (Lipinski definition) is 2. The van der Waals surface area contributed by atoms with Crippen LogP contribution in [0.1, 0.15) is 11.1 Å². The molecule has 0 fully saturated rings. The van der Waals surface area contributed by atoms with Crippen molar-refractivity contribution in [3.63, 3.8) is 0 Å². The molecule has 0 N–H and O–H groups in total. The molecule has 0 bridgehead atoms. The van der Waals surface area contributed by atoms with Gasteiger partial charge in [0.25, 0.3) is 9.84 Å². The third-order valence-corrected chi connectivity index (χ3v) is 4.93. The topological polar surface area (TPSA) is 34.1 Å². The van der Waals surface area contributed by atoms with Gasteiger partial charge in [-0.1, -0.05) is 60.7 Å². The van der Waals surface area contributed by atoms with E-state index in [9.17, 15) is 34.8 Å². The van der Waals surface area contributed by atoms with Crippen LogP contribution in [0.15, 0.2) is 71.6 Å². The fourth-order valence-electron chi connectivity index (χ4n) is 2.15. The van der Waals surface area contributed by atoms with Crippen LogP contribution < -0.4 is 0 Å². The quantitative estimate of drug-likeness (QED) is 0.376. The lowest BCUT2D eigenvalue weighted by molar-refractivity contribution is -0.0893. The monoisotopic (exact) mass is 406 g/mol. The minimum Gasteiger partial charge on any atom is -0.214 e. The highest BCUT2D eigenvalue weighted by molar-refractivity contribution is 7.96. The first-order valence-electron chi connectivity index (χ1n) is 7.35. The maximum absolute atomic E-state index is 13.2. The SMILES string of the molecule is O=S(=O)(C(=CC(=Cc1ccccc1)c1ccccc1)C(F)(F)F)C(F)(F)F. The molecule has 0 aliphatic rings. The van der Waals surface area contributed by atoms with Crippen molar-refractivity contribution in [2.24, 2.45) is 0 Å². The van der Waals surface area contributed by atoms with E-state index in [2.05, 4.69) is 0 Å². The van der Waals surface area contributed by atoms with Gasteiger partial charge in [0.1, 0.15) is 0 Å². The molecule has 2 rings (SSSR count). The van der Waals surface area contributed by atoms with Crippen LogP contribution in [0, 0.1) is 0 Å². The first-order chi connectivity index (χ1) is 12.4. The minimum atomic E-state index is -6.60. The third-order valence-electron chi connectivity index (χ3n) is 3.39. The Balaban J connectivity index is 2.75. The molecule has 0 aliphatic carbocycles. The normalized spacial score (nSPS) is 14.3. The Bertz CT molecular complexity index is 941. The molecular weight excluding hydrogens is 394 g/mol. The molecule has 0 aliphatic heterocycles. The summed E-state index contributed by atoms with van der Waals surface area (Å²) in [4.78, 5) is -2.67. The van der Waals surface area contributed by atoms with Gasteiger partial charge in [-0.25, -0.2) is 8.42 Å². The zero-order valence-electron chi connectivity index (χ0n) is 13.4. The van der Waals surface area contributed by atoms with Crippen molar-refractivity contribution in [2.45, 2.75) is 11.7 Å². The predicted molar refractivity (Wildman–Crippen MR) is 89.9 cm³/mol. The van der Waals surface area contributed by atoms with Crippen molar-refractivity contribution in [3.8, 4) is 0 Å². The Morgan fingerprint density at radius 3 is 1.70 bits per heavy atom. The zero-order chi connectivity index (χ0) is 20.3. The summed E-state index contributed by atoms with van der Waals surface area (Å²) in [5.41, 5.74) is -5.90. The van der Waals surface area contributed by atoms with Gasteiger partial charge in [-0.15, -0.1) is 0 Å². The molecule has 2 aromatic rings. The van der Waals surface area contributed by atoms with Gasteiger partial charge in [0, 0.05) is 0 Å². The Kier molecular flexibility index (Phi) is 5.84. The number of sulfone groups is 1. The van der Waals surface area contributed by atoms with Crippen LogP contribution in [0.3, 0.4) is 0 Å². The molecule has 2 aromatic carbocycles. The Hall–Kier alpha value is -2.55. The predicted octanol–water partition coefficient (Wildman–Crippen LogP) is 5.61. The molecule has 0 saturated heterocycles. The summed E-state index contributed by atoms with van der Waals surface area (Å²) in [6, 6.07) is 15.0. The van der Waals surface area contributed by atoms with Gasteiger partial charge >= 0.3 is 11.7 Å². The summed E-state index contributed by atoms with van der Waals surface area (Å²) in [6.07, 6.45) is -4.54. The number of alkyl halides is 6. The van der Waals surface area contributed by atoms with Gasteiger partial charge in [0.05, 0.1) is 0 Å². The minimum absolute atomic E-state index is 0.00512. The molecular formula is C18H12F6O2S. The van der Waals surface area contributed by atoms with Gasteiger partial charge in [0.15, 0.2) is 4.91 Å². The number of allylic oxidation sites excluding steroid dienone is 3. The molecule has 0 saturated carbocycles. The fourth-order valence-corrected chi connectivity index (χ4v) is 2.98. The maximum Gasteiger partial charge on any atom is 0.501 e. The molecule has 0 spiro atoms. The van der Waals surface area contributed by atoms with Crippen molar-refractivity contribution in [2.75, 3.05) is 0 Å². The van der Waals surface area contributed by atoms with Crippen molar-refractivity contribution in [3.05, 3.63) is 82.8 Å². The third kappa shape index (κ3) is 5.00. The van der Waals surface area contributed by atoms with E-state index in [1.54, 1.807) is 24.3 Å². The number of benzene rings is 2. The first kappa shape index (κ1) is 20.8. The van der Waals surface area contributed by atoms with Crippen molar-refractivity contribution < 1.29 is 34.8 Å². The molecule has 0 heterocycles. The van der Waals surface area contributed by atoms with Crippen LogP contribution >= 0.6 is 0 Å². The standard InChI is InChI=1S/C18H12F6O2S/c19-17(20,21)16(27(25,26)18(22,23)24)12-15(14-9-5-2-6-10-14)11-13-7-3-1-4-8-13/h1-12H. The van der Waals surface area contributed by atoms with E-state index in [1.807, 2.05) is 0 Å². The largest absolute Gasteiger partial charge is 0.501 e. The van der Waals surface area contributed by atoms with E-state index >= 15 is 0 Å². The van der Waals surface area contributed by atoms with Gasteiger partial charge in [-0.3, -0.25) is 0 Å². The molecule has 2 nitrogen and oxygen atoms in total. The van der Waals surface area contributed by atoms with Gasteiger partial charge < -0.3 is 0 Å². The van der Waals surface area contributed by atoms with E-state index in [0.717, 1.165) is 0 Å². The molecule has 144 valence electrons. The van der Waals surface area contributed by atoms with E-state index < -0.39 is 26.4 Å². The van der Waals surface area contributed by atoms with Crippen LogP contribution in [0.2, 0.25) is 0 Å². The van der Waals surface area contributed by atoms with Gasteiger partial charge in [0.2, 0.25) is 0 Å². The Morgan fingerprint density at radius 2 is 1.26 bits per heavy atom. The van der Waals surface area contributed by atoms with Gasteiger partial charge in [-0.2, -0.15) is 26.3 Å². The van der Waals surface area contributed by atoms with Crippen LogP contribution in [0.4, 0.5) is 26.3 Å². The van der Waals surface area contributed by atoms with Crippen LogP contribution in [-0.4, -0.2) is 20.1 Å². The van der Waals surface area contributed by atoms with Crippen molar-refractivity contribution in [1.82, 2.24) is 0 Å². The molecule has 0 atom stereocenters. The first-order valence-corrected chi connectivity index (χ1v) is 8.83. The van der Waals surface area contributed by atoms with E-state index in [1.165, 1.54) is 42.5 Å². The van der Waals surface area contributed by atoms with Crippen LogP contribution in [0.25, 0.3) is 11.6 Å². The Morgan fingerprint density at radius 1 is 0.778 bits per heavy atom. The lowest BCUT2D eigenvalue weighted by Crippen LogP contribution is -2.31. The molecule has 0 amide bonds. The average Bonchev–Trinajstić information content (AvgIpc) is 2.58.